The SMILES string of the molecule is COC(=O)/C(SC(F)(F)F)=C(/C)Nc1ccccc1. The van der Waals surface area contributed by atoms with Crippen LogP contribution in [0.3, 0.4) is 0 Å². The highest BCUT2D eigenvalue weighted by Gasteiger charge is 2.34. The number of para-hydroxylation sites is 1. The molecule has 0 bridgehead atoms. The molecule has 1 rings (SSSR count). The predicted octanol–water partition coefficient (Wildman–Crippen LogP) is 3.76. The number of hydrogen-bond donors (Lipinski definition) is 1. The van der Waals surface area contributed by atoms with Gasteiger partial charge in [0.2, 0.25) is 0 Å². The highest BCUT2D eigenvalue weighted by atomic mass is 32.2. The Morgan fingerprint density at radius 1 is 1.26 bits per heavy atom. The van der Waals surface area contributed by atoms with Crippen LogP contribution in [0.1, 0.15) is 6.92 Å². The van der Waals surface area contributed by atoms with Gasteiger partial charge in [-0.05, 0) is 30.8 Å². The van der Waals surface area contributed by atoms with E-state index in [1.54, 1.807) is 30.3 Å². The molecule has 0 heterocycles. The number of benzene rings is 1. The summed E-state index contributed by atoms with van der Waals surface area (Å²) in [6, 6.07) is 8.58. The van der Waals surface area contributed by atoms with Crippen LogP contribution in [-0.4, -0.2) is 18.6 Å². The Morgan fingerprint density at radius 2 is 1.84 bits per heavy atom. The summed E-state index contributed by atoms with van der Waals surface area (Å²) in [5.74, 6) is -1.02. The molecular formula is C12H12F3NO2S. The van der Waals surface area contributed by atoms with Gasteiger partial charge in [0.1, 0.15) is 4.91 Å². The van der Waals surface area contributed by atoms with Crippen LogP contribution in [-0.2, 0) is 9.53 Å². The Balaban J connectivity index is 2.99. The summed E-state index contributed by atoms with van der Waals surface area (Å²) in [5, 5.41) is 2.74. The Hall–Kier alpha value is -1.63. The molecule has 1 aromatic carbocycles. The van der Waals surface area contributed by atoms with Crippen molar-refractivity contribution in [3.05, 3.63) is 40.9 Å². The first kappa shape index (κ1) is 15.4. The summed E-state index contributed by atoms with van der Waals surface area (Å²) in [6.45, 7) is 1.39. The number of ether oxygens (including phenoxy) is 1. The zero-order valence-corrected chi connectivity index (χ0v) is 11.1. The van der Waals surface area contributed by atoms with E-state index in [4.69, 9.17) is 0 Å². The average Bonchev–Trinajstić information content (AvgIpc) is 2.35. The number of esters is 1. The number of allylic oxidation sites excluding steroid dienone is 1. The topological polar surface area (TPSA) is 38.3 Å². The number of hydrogen-bond acceptors (Lipinski definition) is 4. The first-order chi connectivity index (χ1) is 8.83. The van der Waals surface area contributed by atoms with E-state index in [-0.39, 0.29) is 5.70 Å². The fraction of sp³-hybridized carbons (Fsp3) is 0.250. The summed E-state index contributed by atoms with van der Waals surface area (Å²) < 4.78 is 41.5. The number of nitrogens with one attached hydrogen (secondary N) is 1. The minimum atomic E-state index is -4.55. The summed E-state index contributed by atoms with van der Waals surface area (Å²) in [4.78, 5) is 10.9. The molecule has 104 valence electrons. The second-order valence-corrected chi connectivity index (χ2v) is 4.56. The molecule has 7 heteroatoms. The molecule has 0 aliphatic rings. The van der Waals surface area contributed by atoms with E-state index in [9.17, 15) is 18.0 Å². The molecule has 0 aliphatic carbocycles. The van der Waals surface area contributed by atoms with Gasteiger partial charge in [-0.25, -0.2) is 4.79 Å². The lowest BCUT2D eigenvalue weighted by Crippen LogP contribution is -2.13. The number of rotatable bonds is 4. The number of anilines is 1. The second kappa shape index (κ2) is 6.51. The van der Waals surface area contributed by atoms with Gasteiger partial charge < -0.3 is 10.1 Å². The van der Waals surface area contributed by atoms with Crippen LogP contribution in [0.15, 0.2) is 40.9 Å². The first-order valence-electron chi connectivity index (χ1n) is 5.20. The van der Waals surface area contributed by atoms with Crippen LogP contribution in [0.4, 0.5) is 18.9 Å². The van der Waals surface area contributed by atoms with E-state index in [2.05, 4.69) is 10.1 Å². The molecule has 0 saturated carbocycles. The fourth-order valence-corrected chi connectivity index (χ4v) is 1.88. The van der Waals surface area contributed by atoms with E-state index < -0.39 is 28.1 Å². The van der Waals surface area contributed by atoms with Crippen molar-refractivity contribution >= 4 is 23.4 Å². The fourth-order valence-electron chi connectivity index (χ4n) is 1.27. The molecule has 0 fully saturated rings. The molecule has 0 spiro atoms. The van der Waals surface area contributed by atoms with Crippen molar-refractivity contribution in [2.75, 3.05) is 12.4 Å². The third-order valence-corrected chi connectivity index (χ3v) is 2.94. The number of halogens is 3. The van der Waals surface area contributed by atoms with Crippen molar-refractivity contribution < 1.29 is 22.7 Å². The molecule has 0 radical (unpaired) electrons. The van der Waals surface area contributed by atoms with Crippen molar-refractivity contribution in [1.82, 2.24) is 0 Å². The van der Waals surface area contributed by atoms with Gasteiger partial charge in [0.15, 0.2) is 0 Å². The molecule has 0 aliphatic heterocycles. The van der Waals surface area contributed by atoms with Crippen LogP contribution in [0.2, 0.25) is 0 Å². The standard InChI is InChI=1S/C12H12F3NO2S/c1-8(16-9-6-4-3-5-7-9)10(11(17)18-2)19-12(13,14)15/h3-7,16H,1-2H3/b10-8+. The molecule has 1 N–H and O–H groups in total. The van der Waals surface area contributed by atoms with Crippen LogP contribution >= 0.6 is 11.8 Å². The molecule has 0 atom stereocenters. The maximum absolute atomic E-state index is 12.4. The molecular weight excluding hydrogens is 279 g/mol. The Morgan fingerprint density at radius 3 is 2.32 bits per heavy atom. The largest absolute Gasteiger partial charge is 0.465 e. The Labute approximate surface area is 112 Å². The lowest BCUT2D eigenvalue weighted by molar-refractivity contribution is -0.135. The van der Waals surface area contributed by atoms with Gasteiger partial charge in [0, 0.05) is 11.4 Å². The smallest absolute Gasteiger partial charge is 0.446 e. The quantitative estimate of drug-likeness (QED) is 0.677. The van der Waals surface area contributed by atoms with Gasteiger partial charge in [-0.1, -0.05) is 18.2 Å². The number of alkyl halides is 3. The minimum absolute atomic E-state index is 0.0837. The van der Waals surface area contributed by atoms with Gasteiger partial charge in [0.25, 0.3) is 0 Å². The lowest BCUT2D eigenvalue weighted by Gasteiger charge is -2.13. The van der Waals surface area contributed by atoms with Gasteiger partial charge in [0.05, 0.1) is 7.11 Å². The molecule has 0 saturated heterocycles. The zero-order chi connectivity index (χ0) is 14.5. The molecule has 0 amide bonds. The Kier molecular flexibility index (Phi) is 5.29. The van der Waals surface area contributed by atoms with E-state index in [1.807, 2.05) is 0 Å². The molecule has 3 nitrogen and oxygen atoms in total. The highest BCUT2D eigenvalue weighted by molar-refractivity contribution is 8.04. The number of carbonyl (C=O) groups is 1. The lowest BCUT2D eigenvalue weighted by atomic mass is 10.3. The van der Waals surface area contributed by atoms with Crippen molar-refractivity contribution in [3.8, 4) is 0 Å². The third kappa shape index (κ3) is 5.25. The van der Waals surface area contributed by atoms with Crippen LogP contribution in [0, 0.1) is 0 Å². The molecule has 0 aromatic heterocycles. The highest BCUT2D eigenvalue weighted by Crippen LogP contribution is 2.38. The third-order valence-electron chi connectivity index (χ3n) is 2.03. The van der Waals surface area contributed by atoms with E-state index in [0.29, 0.717) is 5.69 Å². The summed E-state index contributed by atoms with van der Waals surface area (Å²) in [5.41, 5.74) is -3.88. The summed E-state index contributed by atoms with van der Waals surface area (Å²) in [7, 11) is 1.04. The van der Waals surface area contributed by atoms with Crippen molar-refractivity contribution in [3.63, 3.8) is 0 Å². The van der Waals surface area contributed by atoms with Gasteiger partial charge in [-0.15, -0.1) is 0 Å². The van der Waals surface area contributed by atoms with E-state index >= 15 is 0 Å². The predicted molar refractivity (Wildman–Crippen MR) is 68.4 cm³/mol. The Bertz CT molecular complexity index is 472. The van der Waals surface area contributed by atoms with Gasteiger partial charge in [-0.3, -0.25) is 0 Å². The average molecular weight is 291 g/mol. The maximum Gasteiger partial charge on any atom is 0.446 e. The van der Waals surface area contributed by atoms with Gasteiger partial charge >= 0.3 is 11.5 Å². The summed E-state index contributed by atoms with van der Waals surface area (Å²) in [6.07, 6.45) is 0. The monoisotopic (exact) mass is 291 g/mol. The molecule has 19 heavy (non-hydrogen) atoms. The minimum Gasteiger partial charge on any atom is -0.465 e. The van der Waals surface area contributed by atoms with Crippen LogP contribution in [0.5, 0.6) is 0 Å². The van der Waals surface area contributed by atoms with Crippen LogP contribution < -0.4 is 5.32 Å². The zero-order valence-electron chi connectivity index (χ0n) is 10.2. The normalized spacial score (nSPS) is 12.7. The van der Waals surface area contributed by atoms with Crippen LogP contribution in [0.25, 0.3) is 0 Å². The molecule has 1 aromatic rings. The number of thioether (sulfide) groups is 1. The maximum atomic E-state index is 12.4. The summed E-state index contributed by atoms with van der Waals surface area (Å²) >= 11 is -0.496. The first-order valence-corrected chi connectivity index (χ1v) is 6.02. The van der Waals surface area contributed by atoms with E-state index in [0.717, 1.165) is 7.11 Å². The van der Waals surface area contributed by atoms with Crippen molar-refractivity contribution in [1.29, 1.82) is 0 Å². The van der Waals surface area contributed by atoms with Gasteiger partial charge in [-0.2, -0.15) is 13.2 Å². The second-order valence-electron chi connectivity index (χ2n) is 3.48. The van der Waals surface area contributed by atoms with Crippen molar-refractivity contribution in [2.24, 2.45) is 0 Å². The van der Waals surface area contributed by atoms with E-state index in [1.165, 1.54) is 6.92 Å². The number of methoxy groups -OCH3 is 1. The van der Waals surface area contributed by atoms with Crippen molar-refractivity contribution in [2.45, 2.75) is 12.4 Å². The molecule has 0 unspecified atom stereocenters. The number of carbonyl (C=O) groups excluding carboxylic acids is 1.